The van der Waals surface area contributed by atoms with Crippen LogP contribution in [0.15, 0.2) is 29.3 Å². The Hall–Kier alpha value is -2.37. The van der Waals surface area contributed by atoms with Gasteiger partial charge in [0.2, 0.25) is 5.91 Å². The number of nitrogens with zero attached hydrogens (tertiary/aromatic N) is 1. The number of nitrogens with two attached hydrogens (primary N) is 1. The van der Waals surface area contributed by atoms with Crippen LogP contribution in [0.4, 0.5) is 0 Å². The van der Waals surface area contributed by atoms with Crippen LogP contribution in [0.1, 0.15) is 29.2 Å². The van der Waals surface area contributed by atoms with Crippen LogP contribution in [0.25, 0.3) is 0 Å². The average molecular weight is 246 g/mol. The standard InChI is InChI=1S/C12H14N4O2/c1-7-11(12(18)16-15-7)9(5-10(13)17)8-3-2-4-14-6-8/h2-4,6,9H,5H2,1H3,(H2,13,17)(H2,15,16,18)/t9-/m1/s1. The lowest BCUT2D eigenvalue weighted by atomic mass is 9.89. The Morgan fingerprint density at radius 2 is 2.28 bits per heavy atom. The molecule has 18 heavy (non-hydrogen) atoms. The fraction of sp³-hybridized carbons (Fsp3) is 0.250. The number of aromatic nitrogens is 3. The quantitative estimate of drug-likeness (QED) is 0.727. The van der Waals surface area contributed by atoms with Gasteiger partial charge in [-0.25, -0.2) is 0 Å². The highest BCUT2D eigenvalue weighted by Crippen LogP contribution is 2.26. The highest BCUT2D eigenvalue weighted by Gasteiger charge is 2.23. The fourth-order valence-electron chi connectivity index (χ4n) is 2.04. The van der Waals surface area contributed by atoms with E-state index in [9.17, 15) is 9.59 Å². The number of aryl methyl sites for hydroxylation is 1. The zero-order valence-electron chi connectivity index (χ0n) is 9.93. The predicted molar refractivity (Wildman–Crippen MR) is 66.0 cm³/mol. The number of amides is 1. The van der Waals surface area contributed by atoms with Crippen LogP contribution in [0.2, 0.25) is 0 Å². The van der Waals surface area contributed by atoms with Crippen molar-refractivity contribution in [3.63, 3.8) is 0 Å². The first-order chi connectivity index (χ1) is 8.59. The number of primary amides is 1. The molecule has 0 saturated carbocycles. The number of rotatable bonds is 4. The van der Waals surface area contributed by atoms with Crippen molar-refractivity contribution in [1.82, 2.24) is 15.2 Å². The van der Waals surface area contributed by atoms with Gasteiger partial charge in [-0.1, -0.05) is 6.07 Å². The second-order valence-corrected chi connectivity index (χ2v) is 4.13. The summed E-state index contributed by atoms with van der Waals surface area (Å²) in [5.41, 5.74) is 7.05. The van der Waals surface area contributed by atoms with Gasteiger partial charge in [-0.3, -0.25) is 19.7 Å². The maximum atomic E-state index is 11.8. The summed E-state index contributed by atoms with van der Waals surface area (Å²) in [6.07, 6.45) is 3.35. The van der Waals surface area contributed by atoms with Crippen LogP contribution in [-0.4, -0.2) is 21.1 Å². The number of hydrogen-bond donors (Lipinski definition) is 3. The lowest BCUT2D eigenvalue weighted by Gasteiger charge is -2.13. The lowest BCUT2D eigenvalue weighted by molar-refractivity contribution is -0.118. The van der Waals surface area contributed by atoms with Crippen molar-refractivity contribution >= 4 is 5.91 Å². The largest absolute Gasteiger partial charge is 0.370 e. The van der Waals surface area contributed by atoms with E-state index in [2.05, 4.69) is 15.2 Å². The summed E-state index contributed by atoms with van der Waals surface area (Å²) in [5, 5.41) is 5.26. The third-order valence-electron chi connectivity index (χ3n) is 2.85. The molecule has 2 aromatic heterocycles. The highest BCUT2D eigenvalue weighted by atomic mass is 16.1. The molecule has 0 fully saturated rings. The van der Waals surface area contributed by atoms with Crippen LogP contribution in [-0.2, 0) is 4.79 Å². The minimum atomic E-state index is -0.455. The molecule has 0 aliphatic rings. The molecular weight excluding hydrogens is 232 g/mol. The second kappa shape index (κ2) is 4.87. The molecule has 2 aromatic rings. The summed E-state index contributed by atoms with van der Waals surface area (Å²) < 4.78 is 0. The van der Waals surface area contributed by atoms with Crippen molar-refractivity contribution in [2.75, 3.05) is 0 Å². The Kier molecular flexibility index (Phi) is 3.27. The van der Waals surface area contributed by atoms with Crippen molar-refractivity contribution in [3.05, 3.63) is 51.7 Å². The van der Waals surface area contributed by atoms with Gasteiger partial charge in [0.25, 0.3) is 5.56 Å². The number of H-pyrrole nitrogens is 2. The van der Waals surface area contributed by atoms with Gasteiger partial charge in [0, 0.05) is 36.0 Å². The van der Waals surface area contributed by atoms with Crippen LogP contribution >= 0.6 is 0 Å². The minimum absolute atomic E-state index is 0.0769. The van der Waals surface area contributed by atoms with E-state index < -0.39 is 5.91 Å². The summed E-state index contributed by atoms with van der Waals surface area (Å²) in [6, 6.07) is 3.59. The molecule has 0 aliphatic heterocycles. The SMILES string of the molecule is Cc1[nH][nH]c(=O)c1[C@H](CC(N)=O)c1cccnc1. The van der Waals surface area contributed by atoms with Crippen molar-refractivity contribution in [2.45, 2.75) is 19.3 Å². The van der Waals surface area contributed by atoms with Gasteiger partial charge < -0.3 is 10.8 Å². The van der Waals surface area contributed by atoms with E-state index in [-0.39, 0.29) is 17.9 Å². The van der Waals surface area contributed by atoms with E-state index in [0.717, 1.165) is 5.56 Å². The van der Waals surface area contributed by atoms with Crippen LogP contribution in [0, 0.1) is 6.92 Å². The van der Waals surface area contributed by atoms with Gasteiger partial charge in [-0.05, 0) is 18.6 Å². The molecule has 2 heterocycles. The number of pyridine rings is 1. The number of carbonyl (C=O) groups excluding carboxylic acids is 1. The second-order valence-electron chi connectivity index (χ2n) is 4.13. The summed E-state index contributed by atoms with van der Waals surface area (Å²) in [4.78, 5) is 27.0. The lowest BCUT2D eigenvalue weighted by Crippen LogP contribution is -2.20. The van der Waals surface area contributed by atoms with Crippen LogP contribution in [0.3, 0.4) is 0 Å². The molecule has 0 spiro atoms. The fourth-order valence-corrected chi connectivity index (χ4v) is 2.04. The third-order valence-corrected chi connectivity index (χ3v) is 2.85. The van der Waals surface area contributed by atoms with Gasteiger partial charge >= 0.3 is 0 Å². The number of nitrogens with one attached hydrogen (secondary N) is 2. The molecule has 94 valence electrons. The molecule has 0 saturated heterocycles. The number of hydrogen-bond acceptors (Lipinski definition) is 3. The van der Waals surface area contributed by atoms with E-state index in [4.69, 9.17) is 5.73 Å². The third kappa shape index (κ3) is 2.32. The van der Waals surface area contributed by atoms with Gasteiger partial charge in [0.05, 0.1) is 0 Å². The molecule has 2 rings (SSSR count). The Bertz CT molecular complexity index is 600. The molecule has 6 heteroatoms. The Balaban J connectivity index is 2.50. The van der Waals surface area contributed by atoms with Gasteiger partial charge in [0.1, 0.15) is 0 Å². The Morgan fingerprint density at radius 1 is 1.50 bits per heavy atom. The van der Waals surface area contributed by atoms with Crippen LogP contribution < -0.4 is 11.3 Å². The van der Waals surface area contributed by atoms with E-state index in [1.807, 2.05) is 6.07 Å². The molecular formula is C12H14N4O2. The summed E-state index contributed by atoms with van der Waals surface area (Å²) in [7, 11) is 0. The minimum Gasteiger partial charge on any atom is -0.370 e. The number of carbonyl (C=O) groups is 1. The molecule has 4 N–H and O–H groups in total. The molecule has 0 unspecified atom stereocenters. The monoisotopic (exact) mass is 246 g/mol. The highest BCUT2D eigenvalue weighted by molar-refractivity contribution is 5.75. The molecule has 0 bridgehead atoms. The maximum Gasteiger partial charge on any atom is 0.267 e. The smallest absolute Gasteiger partial charge is 0.267 e. The Morgan fingerprint density at radius 3 is 2.78 bits per heavy atom. The normalized spacial score (nSPS) is 12.3. The van der Waals surface area contributed by atoms with E-state index in [1.54, 1.807) is 25.4 Å². The molecule has 6 nitrogen and oxygen atoms in total. The van der Waals surface area contributed by atoms with E-state index in [0.29, 0.717) is 11.3 Å². The van der Waals surface area contributed by atoms with Crippen molar-refractivity contribution in [3.8, 4) is 0 Å². The zero-order valence-corrected chi connectivity index (χ0v) is 9.93. The molecule has 0 aliphatic carbocycles. The molecule has 1 amide bonds. The van der Waals surface area contributed by atoms with E-state index in [1.165, 1.54) is 0 Å². The first-order valence-corrected chi connectivity index (χ1v) is 5.55. The predicted octanol–water partition coefficient (Wildman–Crippen LogP) is 0.414. The molecule has 0 radical (unpaired) electrons. The van der Waals surface area contributed by atoms with E-state index >= 15 is 0 Å². The van der Waals surface area contributed by atoms with Crippen molar-refractivity contribution in [2.24, 2.45) is 5.73 Å². The topological polar surface area (TPSA) is 105 Å². The van der Waals surface area contributed by atoms with Crippen LogP contribution in [0.5, 0.6) is 0 Å². The molecule has 1 atom stereocenters. The van der Waals surface area contributed by atoms with Gasteiger partial charge in [-0.15, -0.1) is 0 Å². The van der Waals surface area contributed by atoms with Crippen molar-refractivity contribution in [1.29, 1.82) is 0 Å². The first kappa shape index (κ1) is 12.1. The first-order valence-electron chi connectivity index (χ1n) is 5.55. The summed E-state index contributed by atoms with van der Waals surface area (Å²) in [5.74, 6) is -0.824. The average Bonchev–Trinajstić information content (AvgIpc) is 2.67. The Labute approximate surface area is 103 Å². The maximum absolute atomic E-state index is 11.8. The number of aromatic amines is 2. The summed E-state index contributed by atoms with van der Waals surface area (Å²) >= 11 is 0. The van der Waals surface area contributed by atoms with Gasteiger partial charge in [-0.2, -0.15) is 0 Å². The summed E-state index contributed by atoms with van der Waals surface area (Å²) in [6.45, 7) is 1.78. The van der Waals surface area contributed by atoms with Gasteiger partial charge in [0.15, 0.2) is 0 Å². The zero-order chi connectivity index (χ0) is 13.1. The molecule has 0 aromatic carbocycles. The van der Waals surface area contributed by atoms with Crippen molar-refractivity contribution < 1.29 is 4.79 Å².